The third-order valence-corrected chi connectivity index (χ3v) is 1.92. The van der Waals surface area contributed by atoms with Crippen LogP contribution in [0.4, 0.5) is 5.69 Å². The first-order valence-electron chi connectivity index (χ1n) is 3.90. The van der Waals surface area contributed by atoms with E-state index in [0.29, 0.717) is 0 Å². The second-order valence-corrected chi connectivity index (χ2v) is 2.79. The lowest BCUT2D eigenvalue weighted by molar-refractivity contribution is -0.384. The van der Waals surface area contributed by atoms with E-state index in [0.717, 1.165) is 11.1 Å². The van der Waals surface area contributed by atoms with E-state index in [4.69, 9.17) is 0 Å². The molecule has 64 valence electrons. The van der Waals surface area contributed by atoms with Gasteiger partial charge in [0.2, 0.25) is 0 Å². The van der Waals surface area contributed by atoms with E-state index in [1.165, 1.54) is 0 Å². The standard InChI is InChI=1S/C10H7NO2/c12-11(13)10-6-8-4-2-1-3-5-9(8)7-10/h1-7H. The van der Waals surface area contributed by atoms with Crippen molar-refractivity contribution in [3.63, 3.8) is 0 Å². The molecule has 0 atom stereocenters. The third-order valence-electron chi connectivity index (χ3n) is 1.92. The Balaban J connectivity index is 2.64. The molecule has 0 spiro atoms. The van der Waals surface area contributed by atoms with Gasteiger partial charge in [0, 0.05) is 12.1 Å². The molecule has 2 rings (SSSR count). The molecule has 0 saturated carbocycles. The molecule has 0 radical (unpaired) electrons. The minimum absolute atomic E-state index is 0.154. The Kier molecular flexibility index (Phi) is 1.70. The van der Waals surface area contributed by atoms with Crippen LogP contribution in [0.25, 0.3) is 11.1 Å². The van der Waals surface area contributed by atoms with Crippen molar-refractivity contribution in [1.82, 2.24) is 0 Å². The number of nitro groups is 1. The summed E-state index contributed by atoms with van der Waals surface area (Å²) in [4.78, 5) is 10.1. The van der Waals surface area contributed by atoms with Gasteiger partial charge in [0.25, 0.3) is 5.69 Å². The van der Waals surface area contributed by atoms with Crippen molar-refractivity contribution in [2.45, 2.75) is 0 Å². The molecular formula is C10H7NO2. The first-order chi connectivity index (χ1) is 6.27. The molecule has 2 aliphatic rings. The van der Waals surface area contributed by atoms with Gasteiger partial charge in [-0.25, -0.2) is 0 Å². The maximum Gasteiger partial charge on any atom is 0.270 e. The molecule has 2 aliphatic carbocycles. The minimum Gasteiger partial charge on any atom is -0.258 e. The first-order valence-corrected chi connectivity index (χ1v) is 3.90. The van der Waals surface area contributed by atoms with Gasteiger partial charge in [-0.2, -0.15) is 0 Å². The monoisotopic (exact) mass is 173 g/mol. The smallest absolute Gasteiger partial charge is 0.258 e. The maximum atomic E-state index is 10.5. The lowest BCUT2D eigenvalue weighted by atomic mass is 10.2. The highest BCUT2D eigenvalue weighted by atomic mass is 16.6. The summed E-state index contributed by atoms with van der Waals surface area (Å²) in [6.45, 7) is 0. The average molecular weight is 173 g/mol. The number of hydrogen-bond acceptors (Lipinski definition) is 2. The summed E-state index contributed by atoms with van der Waals surface area (Å²) >= 11 is 0. The summed E-state index contributed by atoms with van der Waals surface area (Å²) in [7, 11) is 0. The van der Waals surface area contributed by atoms with E-state index in [-0.39, 0.29) is 10.6 Å². The van der Waals surface area contributed by atoms with E-state index in [9.17, 15) is 10.1 Å². The largest absolute Gasteiger partial charge is 0.270 e. The molecular weight excluding hydrogens is 166 g/mol. The van der Waals surface area contributed by atoms with Crippen LogP contribution in [0.1, 0.15) is 0 Å². The van der Waals surface area contributed by atoms with Crippen LogP contribution < -0.4 is 0 Å². The summed E-state index contributed by atoms with van der Waals surface area (Å²) in [5, 5.41) is 10.5. The van der Waals surface area contributed by atoms with Gasteiger partial charge in [0.15, 0.2) is 0 Å². The Hall–Kier alpha value is -1.90. The molecule has 0 N–H and O–H groups in total. The van der Waals surface area contributed by atoms with Crippen LogP contribution in [0, 0.1) is 10.1 Å². The average Bonchev–Trinajstić information content (AvgIpc) is 2.38. The van der Waals surface area contributed by atoms with Crippen LogP contribution in [-0.2, 0) is 0 Å². The molecule has 0 bridgehead atoms. The van der Waals surface area contributed by atoms with Gasteiger partial charge in [-0.05, 0) is 11.1 Å². The van der Waals surface area contributed by atoms with Gasteiger partial charge >= 0.3 is 0 Å². The van der Waals surface area contributed by atoms with Crippen molar-refractivity contribution in [1.29, 1.82) is 0 Å². The molecule has 0 aromatic rings. The molecule has 0 aromatic carbocycles. The quantitative estimate of drug-likeness (QED) is 0.491. The number of rotatable bonds is 1. The van der Waals surface area contributed by atoms with Gasteiger partial charge in [0.1, 0.15) is 0 Å². The predicted molar refractivity (Wildman–Crippen MR) is 49.7 cm³/mol. The van der Waals surface area contributed by atoms with Crippen molar-refractivity contribution < 1.29 is 4.92 Å². The van der Waals surface area contributed by atoms with Crippen LogP contribution in [0.15, 0.2) is 42.5 Å². The van der Waals surface area contributed by atoms with Crippen LogP contribution in [0.3, 0.4) is 0 Å². The van der Waals surface area contributed by atoms with E-state index >= 15 is 0 Å². The fourth-order valence-electron chi connectivity index (χ4n) is 1.30. The van der Waals surface area contributed by atoms with Crippen molar-refractivity contribution in [3.05, 3.63) is 52.6 Å². The number of hydrogen-bond donors (Lipinski definition) is 0. The van der Waals surface area contributed by atoms with Crippen molar-refractivity contribution in [3.8, 4) is 11.1 Å². The zero-order chi connectivity index (χ0) is 9.26. The molecule has 0 fully saturated rings. The Morgan fingerprint density at radius 3 is 2.00 bits per heavy atom. The van der Waals surface area contributed by atoms with Crippen molar-refractivity contribution >= 4 is 5.69 Å². The fourth-order valence-corrected chi connectivity index (χ4v) is 1.30. The zero-order valence-electron chi connectivity index (χ0n) is 6.81. The second-order valence-electron chi connectivity index (χ2n) is 2.79. The Morgan fingerprint density at radius 1 is 1.00 bits per heavy atom. The summed E-state index contributed by atoms with van der Waals surface area (Å²) < 4.78 is 0. The molecule has 0 unspecified atom stereocenters. The van der Waals surface area contributed by atoms with Gasteiger partial charge < -0.3 is 0 Å². The van der Waals surface area contributed by atoms with Crippen molar-refractivity contribution in [2.75, 3.05) is 0 Å². The highest BCUT2D eigenvalue weighted by Gasteiger charge is 2.12. The molecule has 3 nitrogen and oxygen atoms in total. The lowest BCUT2D eigenvalue weighted by Crippen LogP contribution is -1.82. The molecule has 3 heteroatoms. The summed E-state index contributed by atoms with van der Waals surface area (Å²) in [5.41, 5.74) is 1.95. The molecule has 0 heterocycles. The van der Waals surface area contributed by atoms with E-state index in [1.807, 2.05) is 30.3 Å². The summed E-state index contributed by atoms with van der Waals surface area (Å²) in [6.07, 6.45) is 0. The third kappa shape index (κ3) is 1.36. The molecule has 0 saturated heterocycles. The van der Waals surface area contributed by atoms with Gasteiger partial charge in [-0.3, -0.25) is 10.1 Å². The summed E-state index contributed by atoms with van der Waals surface area (Å²) in [5.74, 6) is 0. The Labute approximate surface area is 75.1 Å². The lowest BCUT2D eigenvalue weighted by Gasteiger charge is -1.84. The van der Waals surface area contributed by atoms with Crippen molar-refractivity contribution in [2.24, 2.45) is 0 Å². The molecule has 0 aliphatic heterocycles. The minimum atomic E-state index is -0.375. The van der Waals surface area contributed by atoms with Crippen LogP contribution in [-0.4, -0.2) is 4.92 Å². The summed E-state index contributed by atoms with van der Waals surface area (Å²) in [6, 6.07) is 12.5. The predicted octanol–water partition coefficient (Wildman–Crippen LogP) is 2.70. The first kappa shape index (κ1) is 7.73. The van der Waals surface area contributed by atoms with Crippen LogP contribution in [0.2, 0.25) is 0 Å². The SMILES string of the molecule is O=[N+]([O-])c1cc2cccccc-2c1. The highest BCUT2D eigenvalue weighted by molar-refractivity contribution is 5.71. The normalized spacial score (nSPS) is 10.2. The van der Waals surface area contributed by atoms with Gasteiger partial charge in [0.05, 0.1) is 4.92 Å². The molecule has 13 heavy (non-hydrogen) atoms. The maximum absolute atomic E-state index is 10.5. The van der Waals surface area contributed by atoms with E-state index in [1.54, 1.807) is 12.1 Å². The fraction of sp³-hybridized carbons (Fsp3) is 0. The Bertz CT molecular complexity index is 395. The number of fused-ring (bicyclic) bond motifs is 1. The van der Waals surface area contributed by atoms with E-state index in [2.05, 4.69) is 0 Å². The second kappa shape index (κ2) is 2.86. The van der Waals surface area contributed by atoms with E-state index < -0.39 is 0 Å². The molecule has 0 amide bonds. The van der Waals surface area contributed by atoms with Gasteiger partial charge in [-0.15, -0.1) is 0 Å². The van der Waals surface area contributed by atoms with Crippen LogP contribution >= 0.6 is 0 Å². The molecule has 0 aromatic heterocycles. The Morgan fingerprint density at radius 2 is 1.54 bits per heavy atom. The number of nitrogens with zero attached hydrogens (tertiary/aromatic N) is 1. The zero-order valence-corrected chi connectivity index (χ0v) is 6.81. The topological polar surface area (TPSA) is 43.1 Å². The van der Waals surface area contributed by atoms with Crippen LogP contribution in [0.5, 0.6) is 0 Å². The van der Waals surface area contributed by atoms with Gasteiger partial charge in [-0.1, -0.05) is 30.3 Å². The highest BCUT2D eigenvalue weighted by Crippen LogP contribution is 2.28.